The van der Waals surface area contributed by atoms with Crippen molar-refractivity contribution in [2.24, 2.45) is 0 Å². The summed E-state index contributed by atoms with van der Waals surface area (Å²) in [5, 5.41) is 35.7. The Labute approximate surface area is 105 Å². The molecule has 12 nitrogen and oxygen atoms in total. The van der Waals surface area contributed by atoms with E-state index in [1.165, 1.54) is 0 Å². The van der Waals surface area contributed by atoms with Crippen LogP contribution in [-0.2, 0) is 42.9 Å². The number of carbonyl (C=O) groups excluding carboxylic acids is 4. The molecule has 0 rings (SSSR count). The van der Waals surface area contributed by atoms with E-state index in [1.807, 2.05) is 0 Å². The van der Waals surface area contributed by atoms with E-state index in [0.717, 1.165) is 20.4 Å². The monoisotopic (exact) mass is 294 g/mol. The molecule has 0 radical (unpaired) electrons. The molecule has 0 aromatic heterocycles. The molecule has 0 bridgehead atoms. The Morgan fingerprint density at radius 1 is 0.588 bits per heavy atom. The Morgan fingerprint density at radius 2 is 0.647 bits per heavy atom. The normalized spacial score (nSPS) is 5.53. The molecule has 0 saturated heterocycles. The average Bonchev–Trinajstić information content (AvgIpc) is 2.08. The molecular formula is C4H10N2O10Ti. The molecule has 0 saturated carbocycles. The molecule has 0 aromatic rings. The van der Waals surface area contributed by atoms with Gasteiger partial charge in [0.05, 0.1) is 23.9 Å². The van der Waals surface area contributed by atoms with Gasteiger partial charge in [-0.2, -0.15) is 0 Å². The maximum atomic E-state index is 8.93. The summed E-state index contributed by atoms with van der Waals surface area (Å²) < 4.78 is 8.25. The predicted octanol–water partition coefficient (Wildman–Crippen LogP) is -7.22. The second-order valence-electron chi connectivity index (χ2n) is 1.15. The maximum absolute atomic E-state index is 8.93. The number of carboxylic acids is 4. The second-order valence-corrected chi connectivity index (χ2v) is 1.15. The van der Waals surface area contributed by atoms with Crippen LogP contribution in [0.5, 0.6) is 0 Å². The van der Waals surface area contributed by atoms with Crippen molar-refractivity contribution in [2.45, 2.75) is 0 Å². The van der Waals surface area contributed by atoms with Gasteiger partial charge in [-0.05, 0) is 0 Å². The topological polar surface area (TPSA) is 282 Å². The summed E-state index contributed by atoms with van der Waals surface area (Å²) in [6.45, 7) is 0. The zero-order valence-electron chi connectivity index (χ0n) is 8.67. The Bertz CT molecular complexity index is 194. The molecule has 0 aromatic carbocycles. The Hall–Kier alpha value is -1.73. The van der Waals surface area contributed by atoms with Gasteiger partial charge in [-0.15, -0.1) is 0 Å². The molecule has 0 unspecified atom stereocenters. The molecule has 10 N–H and O–H groups in total. The second kappa shape index (κ2) is 23.8. The number of hydrogen-bond acceptors (Lipinski definition) is 9. The molecular weight excluding hydrogens is 284 g/mol. The van der Waals surface area contributed by atoms with E-state index < -0.39 is 23.9 Å². The molecule has 0 aliphatic rings. The van der Waals surface area contributed by atoms with Gasteiger partial charge in [0, 0.05) is 0 Å². The van der Waals surface area contributed by atoms with Crippen molar-refractivity contribution in [3.8, 4) is 0 Å². The molecule has 0 amide bonds. The van der Waals surface area contributed by atoms with Crippen LogP contribution in [0, 0.1) is 0 Å². The fraction of sp³-hybridized carbons (Fsp3) is 0. The summed E-state index contributed by atoms with van der Waals surface area (Å²) in [4.78, 5) is 35.7. The number of quaternary nitrogens is 2. The van der Waals surface area contributed by atoms with Crippen molar-refractivity contribution >= 4 is 23.9 Å². The van der Waals surface area contributed by atoms with Crippen molar-refractivity contribution in [3.05, 3.63) is 0 Å². The van der Waals surface area contributed by atoms with Gasteiger partial charge in [-0.25, -0.2) is 0 Å². The molecule has 13 heteroatoms. The van der Waals surface area contributed by atoms with E-state index in [9.17, 15) is 0 Å². The number of carbonyl (C=O) groups is 4. The van der Waals surface area contributed by atoms with E-state index in [1.54, 1.807) is 0 Å². The third kappa shape index (κ3) is 54.6. The number of carboxylic acid groups (broad SMARTS) is 4. The number of aliphatic carboxylic acids is 4. The first-order chi connectivity index (χ1) is 6.29. The van der Waals surface area contributed by atoms with E-state index in [0.29, 0.717) is 0 Å². The van der Waals surface area contributed by atoms with Crippen LogP contribution in [0.4, 0.5) is 0 Å². The molecule has 17 heavy (non-hydrogen) atoms. The average molecular weight is 294 g/mol. The van der Waals surface area contributed by atoms with Crippen LogP contribution in [0.2, 0.25) is 0 Å². The first-order valence-corrected chi connectivity index (χ1v) is 2.97. The number of rotatable bonds is 0. The summed E-state index contributed by atoms with van der Waals surface area (Å²) in [6.07, 6.45) is 0. The van der Waals surface area contributed by atoms with Crippen molar-refractivity contribution in [2.75, 3.05) is 0 Å². The van der Waals surface area contributed by atoms with Gasteiger partial charge in [0.15, 0.2) is 0 Å². The molecule has 0 atom stereocenters. The van der Waals surface area contributed by atoms with Crippen LogP contribution < -0.4 is 32.7 Å². The SMILES string of the molecule is O.O=C([O-])C(=O)[O-].O=C([O-])C(=O)[O-].[NH4+].[NH4+].[O]=[Ti+2]. The van der Waals surface area contributed by atoms with Crippen LogP contribution in [0.1, 0.15) is 0 Å². The van der Waals surface area contributed by atoms with Crippen molar-refractivity contribution < 1.29 is 68.8 Å². The van der Waals surface area contributed by atoms with Crippen LogP contribution in [0.3, 0.4) is 0 Å². The Morgan fingerprint density at radius 3 is 0.647 bits per heavy atom. The van der Waals surface area contributed by atoms with Crippen LogP contribution >= 0.6 is 0 Å². The molecule has 0 fully saturated rings. The van der Waals surface area contributed by atoms with Crippen LogP contribution in [-0.4, -0.2) is 29.4 Å². The minimum atomic E-state index is -2.19. The Balaban J connectivity index is -0.0000000268. The first-order valence-electron chi connectivity index (χ1n) is 2.34. The fourth-order valence-corrected chi connectivity index (χ4v) is 0. The van der Waals surface area contributed by atoms with Gasteiger partial charge in [0.1, 0.15) is 0 Å². The van der Waals surface area contributed by atoms with Gasteiger partial charge in [0.25, 0.3) is 0 Å². The minimum absolute atomic E-state index is 0. The first kappa shape index (κ1) is 36.2. The van der Waals surface area contributed by atoms with E-state index in [4.69, 9.17) is 42.9 Å². The molecule has 0 heterocycles. The van der Waals surface area contributed by atoms with Gasteiger partial charge in [0.2, 0.25) is 0 Å². The summed E-state index contributed by atoms with van der Waals surface area (Å²) in [5.41, 5.74) is 0. The van der Waals surface area contributed by atoms with Crippen molar-refractivity contribution in [1.82, 2.24) is 12.3 Å². The van der Waals surface area contributed by atoms with Gasteiger partial charge in [-0.1, -0.05) is 0 Å². The zero-order valence-corrected chi connectivity index (χ0v) is 10.2. The summed E-state index contributed by atoms with van der Waals surface area (Å²) in [6, 6.07) is 0. The third-order valence-electron chi connectivity index (χ3n) is 0.333. The van der Waals surface area contributed by atoms with E-state index in [-0.39, 0.29) is 17.8 Å². The van der Waals surface area contributed by atoms with Gasteiger partial charge in [-0.3, -0.25) is 0 Å². The van der Waals surface area contributed by atoms with Crippen LogP contribution in [0.25, 0.3) is 0 Å². The Kier molecular flexibility index (Phi) is 50.7. The standard InChI is InChI=1S/2C2H2O4.2H3N.H2O.O.Ti/c2*3-1(4)2(5)6;;;;;/h2*(H,3,4)(H,5,6);2*1H3;1H2;;/q;;;;;;+2/p-2. The zero-order chi connectivity index (χ0) is 12.3. The van der Waals surface area contributed by atoms with Gasteiger partial charge < -0.3 is 57.4 Å². The molecule has 0 spiro atoms. The van der Waals surface area contributed by atoms with Crippen LogP contribution in [0.15, 0.2) is 0 Å². The summed E-state index contributed by atoms with van der Waals surface area (Å²) in [5.74, 6) is -8.74. The molecule has 0 aliphatic carbocycles. The number of hydrogen-bond donors (Lipinski definition) is 2. The quantitative estimate of drug-likeness (QED) is 0.316. The summed E-state index contributed by atoms with van der Waals surface area (Å²) in [7, 11) is 0. The third-order valence-corrected chi connectivity index (χ3v) is 0.333. The van der Waals surface area contributed by atoms with Crippen molar-refractivity contribution in [3.63, 3.8) is 0 Å². The predicted molar refractivity (Wildman–Crippen MR) is 36.3 cm³/mol. The van der Waals surface area contributed by atoms with E-state index in [2.05, 4.69) is 0 Å². The molecule has 0 aliphatic heterocycles. The molecule has 100 valence electrons. The fourth-order valence-electron chi connectivity index (χ4n) is 0. The van der Waals surface area contributed by atoms with Gasteiger partial charge >= 0.3 is 23.7 Å². The van der Waals surface area contributed by atoms with Crippen molar-refractivity contribution in [1.29, 1.82) is 0 Å². The summed E-state index contributed by atoms with van der Waals surface area (Å²) >= 11 is 0.750. The van der Waals surface area contributed by atoms with E-state index >= 15 is 0 Å².